The average Bonchev–Trinajstić information content (AvgIpc) is 1.17. The van der Waals surface area contributed by atoms with Crippen LogP contribution in [0.3, 0.4) is 0 Å². The normalized spacial score (nSPS) is 13.8. The fourth-order valence-electron chi connectivity index (χ4n) is 11.4. The van der Waals surface area contributed by atoms with Crippen molar-refractivity contribution >= 4 is 34.4 Å². The second-order valence-corrected chi connectivity index (χ2v) is 28.0. The number of hydrogen-bond donors (Lipinski definition) is 2. The van der Waals surface area contributed by atoms with Crippen LogP contribution in [-0.2, 0) is 75.1 Å². The lowest BCUT2D eigenvalue weighted by molar-refractivity contribution is -0.747. The molecule has 0 atom stereocenters. The van der Waals surface area contributed by atoms with Gasteiger partial charge in [0.05, 0.1) is 10.4 Å². The fourth-order valence-corrected chi connectivity index (χ4v) is 11.4. The highest BCUT2D eigenvalue weighted by Gasteiger charge is 2.39. The number of imide groups is 2. The molecule has 10 rings (SSSR count). The molecule has 0 saturated carbocycles. The van der Waals surface area contributed by atoms with Gasteiger partial charge in [-0.25, -0.2) is 0 Å². The van der Waals surface area contributed by atoms with Crippen molar-refractivity contribution in [1.29, 1.82) is 0 Å². The molecule has 2 aliphatic heterocycles. The van der Waals surface area contributed by atoms with Gasteiger partial charge < -0.3 is 20.1 Å². The maximum Gasteiger partial charge on any atom is 0.261 e. The summed E-state index contributed by atoms with van der Waals surface area (Å²) in [7, 11) is 3.87. The van der Waals surface area contributed by atoms with E-state index >= 15 is 0 Å². The lowest BCUT2D eigenvalue weighted by Gasteiger charge is -2.32. The maximum absolute atomic E-state index is 14.0. The van der Waals surface area contributed by atoms with Crippen LogP contribution in [0.5, 0.6) is 11.5 Å². The van der Waals surface area contributed by atoms with E-state index in [4.69, 9.17) is 19.9 Å². The topological polar surface area (TPSA) is 161 Å². The van der Waals surface area contributed by atoms with E-state index in [1.165, 1.54) is 43.2 Å². The molecule has 0 radical (unpaired) electrons. The van der Waals surface area contributed by atoms with Gasteiger partial charge in [-0.3, -0.25) is 29.0 Å². The first-order chi connectivity index (χ1) is 41.6. The number of hydrogen-bond acceptors (Lipinski definition) is 10. The number of amides is 4. The van der Waals surface area contributed by atoms with Crippen molar-refractivity contribution < 1.29 is 38.0 Å². The lowest BCUT2D eigenvalue weighted by Crippen LogP contribution is -2.44. The number of aryl methyl sites for hydroxylation is 2. The summed E-state index contributed by atoms with van der Waals surface area (Å²) in [5, 5.41) is 17.1. The van der Waals surface area contributed by atoms with Crippen LogP contribution < -0.4 is 29.5 Å². The Balaban J connectivity index is 0.653. The lowest BCUT2D eigenvalue weighted by atomic mass is 9.79. The largest absolute Gasteiger partial charge is 0.485 e. The van der Waals surface area contributed by atoms with E-state index in [0.29, 0.717) is 98.4 Å². The SMILES string of the molecule is Cn1n[n+](Cc2cc(C(C)(C)C)cc(C(C)(C)C)c2)cc1COc1ccc(CNCCCN2C(=O)c3ccc4c5c(ccc(c35)C2=O)C(=O)N(CCCNCc2ccc(OCc3c[n+](Cc5cc(C(C)(C)C)cc(C(C)(C)C)c5)nn3C)cc2)C4=O)cc1. The smallest absolute Gasteiger partial charge is 0.261 e. The molecule has 2 aliphatic rings. The molecule has 0 aliphatic carbocycles. The van der Waals surface area contributed by atoms with Gasteiger partial charge in [-0.05, 0) is 141 Å². The maximum atomic E-state index is 14.0. The number of ether oxygens (including phenoxy) is 2. The fraction of sp³-hybridized carbons (Fsp3) is 0.417. The Morgan fingerprint density at radius 1 is 0.420 bits per heavy atom. The van der Waals surface area contributed by atoms with Crippen LogP contribution in [0.15, 0.2) is 122 Å². The summed E-state index contributed by atoms with van der Waals surface area (Å²) < 4.78 is 20.1. The van der Waals surface area contributed by atoms with Gasteiger partial charge in [-0.15, -0.1) is 18.7 Å². The zero-order chi connectivity index (χ0) is 63.0. The number of aromatic nitrogens is 6. The second kappa shape index (κ2) is 25.0. The number of carbonyl (C=O) groups excluding carboxylic acids is 4. The Kier molecular flexibility index (Phi) is 17.8. The molecule has 460 valence electrons. The minimum atomic E-state index is -0.435. The summed E-state index contributed by atoms with van der Waals surface area (Å²) in [6.45, 7) is 31.8. The van der Waals surface area contributed by atoms with Crippen molar-refractivity contribution in [3.8, 4) is 11.5 Å². The minimum absolute atomic E-state index is 0.0338. The monoisotopic (exact) mass is 1190 g/mol. The molecule has 16 nitrogen and oxygen atoms in total. The Hall–Kier alpha value is -8.34. The molecule has 88 heavy (non-hydrogen) atoms. The zero-order valence-corrected chi connectivity index (χ0v) is 54.1. The van der Waals surface area contributed by atoms with E-state index in [-0.39, 0.29) is 34.7 Å². The molecule has 2 N–H and O–H groups in total. The highest BCUT2D eigenvalue weighted by Crippen LogP contribution is 2.39. The molecule has 4 heterocycles. The van der Waals surface area contributed by atoms with Crippen molar-refractivity contribution in [3.63, 3.8) is 0 Å². The van der Waals surface area contributed by atoms with Crippen LogP contribution in [0.1, 0.15) is 193 Å². The zero-order valence-electron chi connectivity index (χ0n) is 54.1. The van der Waals surface area contributed by atoms with E-state index in [9.17, 15) is 19.2 Å². The molecule has 4 amide bonds. The number of nitrogens with one attached hydrogen (secondary N) is 2. The Labute approximate surface area is 518 Å². The molecule has 0 bridgehead atoms. The first kappa shape index (κ1) is 62.7. The van der Waals surface area contributed by atoms with Gasteiger partial charge >= 0.3 is 0 Å². The molecule has 0 unspecified atom stereocenters. The molecule has 8 aromatic rings. The second-order valence-electron chi connectivity index (χ2n) is 28.0. The number of nitrogens with zero attached hydrogens (tertiary/aromatic N) is 8. The van der Waals surface area contributed by atoms with Gasteiger partial charge in [0.2, 0.25) is 11.4 Å². The van der Waals surface area contributed by atoms with Crippen LogP contribution in [0.4, 0.5) is 0 Å². The Bertz CT molecular complexity index is 3540. The third-order valence-corrected chi connectivity index (χ3v) is 16.9. The third-order valence-electron chi connectivity index (χ3n) is 16.9. The van der Waals surface area contributed by atoms with E-state index < -0.39 is 23.6 Å². The van der Waals surface area contributed by atoms with E-state index in [0.717, 1.165) is 34.0 Å². The summed E-state index contributed by atoms with van der Waals surface area (Å²) in [5.41, 5.74) is 13.1. The summed E-state index contributed by atoms with van der Waals surface area (Å²) in [6.07, 6.45) is 5.15. The quantitative estimate of drug-likeness (QED) is 0.0380. The van der Waals surface area contributed by atoms with Crippen LogP contribution in [-0.4, -0.2) is 79.4 Å². The molecule has 0 fully saturated rings. The van der Waals surface area contributed by atoms with Gasteiger partial charge in [0.1, 0.15) is 38.7 Å². The van der Waals surface area contributed by atoms with Crippen LogP contribution >= 0.6 is 0 Å². The molecule has 16 heteroatoms. The number of carbonyl (C=O) groups is 4. The van der Waals surface area contributed by atoms with Gasteiger partial charge in [-0.2, -0.15) is 0 Å². The number of benzene rings is 6. The molecule has 0 spiro atoms. The predicted octanol–water partition coefficient (Wildman–Crippen LogP) is 10.9. The van der Waals surface area contributed by atoms with Gasteiger partial charge in [0.15, 0.2) is 25.6 Å². The average molecular weight is 1190 g/mol. The molecule has 6 aromatic carbocycles. The summed E-state index contributed by atoms with van der Waals surface area (Å²) >= 11 is 0. The summed E-state index contributed by atoms with van der Waals surface area (Å²) in [5.74, 6) is -0.241. The van der Waals surface area contributed by atoms with Crippen molar-refractivity contribution in [2.75, 3.05) is 26.2 Å². The van der Waals surface area contributed by atoms with Crippen molar-refractivity contribution in [1.82, 2.24) is 40.2 Å². The Morgan fingerprint density at radius 3 is 1.02 bits per heavy atom. The first-order valence-electron chi connectivity index (χ1n) is 30.9. The van der Waals surface area contributed by atoms with E-state index in [2.05, 4.69) is 130 Å². The number of rotatable bonds is 22. The summed E-state index contributed by atoms with van der Waals surface area (Å²) in [6, 6.07) is 36.2. The Morgan fingerprint density at radius 2 is 0.727 bits per heavy atom. The minimum Gasteiger partial charge on any atom is -0.485 e. The van der Waals surface area contributed by atoms with E-state index in [1.54, 1.807) is 24.3 Å². The van der Waals surface area contributed by atoms with Crippen LogP contribution in [0.25, 0.3) is 10.8 Å². The molecular formula is C72H88N10O6+2. The molecular weight excluding hydrogens is 1100 g/mol. The van der Waals surface area contributed by atoms with Crippen molar-refractivity contribution in [2.24, 2.45) is 14.1 Å². The highest BCUT2D eigenvalue weighted by atomic mass is 16.5. The third kappa shape index (κ3) is 14.1. The van der Waals surface area contributed by atoms with Crippen LogP contribution in [0, 0.1) is 0 Å². The molecule has 0 saturated heterocycles. The van der Waals surface area contributed by atoms with Gasteiger partial charge in [-0.1, -0.05) is 144 Å². The standard InChI is InChI=1S/C72H88N10O6/c1-69(2,3)51-33-49(34-52(37-51)70(4,5)6)41-79-43-55(77(13)75-79)45-87-57-21-17-47(18-22-57)39-73-29-15-31-81-65(83)59-25-27-61-64-62(28-26-60(63(59)64)66(81)84)68(86)82(67(61)85)32-16-30-74-40-48-19-23-58(24-20-48)88-46-56-44-80(76-78(56)14)42-50-35-53(71(7,8)9)38-54(36-50)72(10,11)12/h17-28,33-38,43-44,73-74H,15-16,29-32,39-42,45-46H2,1-14H3/q+2. The van der Waals surface area contributed by atoms with Crippen molar-refractivity contribution in [2.45, 2.75) is 157 Å². The van der Waals surface area contributed by atoms with Crippen molar-refractivity contribution in [3.05, 3.63) is 200 Å². The highest BCUT2D eigenvalue weighted by molar-refractivity contribution is 6.33. The summed E-state index contributed by atoms with van der Waals surface area (Å²) in [4.78, 5) is 58.5. The van der Waals surface area contributed by atoms with Crippen LogP contribution in [0.2, 0.25) is 0 Å². The molecule has 2 aromatic heterocycles. The van der Waals surface area contributed by atoms with Gasteiger partial charge in [0.25, 0.3) is 23.6 Å². The van der Waals surface area contributed by atoms with Gasteiger partial charge in [0, 0.05) is 59.2 Å². The first-order valence-corrected chi connectivity index (χ1v) is 30.9. The van der Waals surface area contributed by atoms with E-state index in [1.807, 2.05) is 93.7 Å². The predicted molar refractivity (Wildman–Crippen MR) is 342 cm³/mol.